The van der Waals surface area contributed by atoms with Gasteiger partial charge in [0.25, 0.3) is 0 Å². The molecule has 1 unspecified atom stereocenters. The quantitative estimate of drug-likeness (QED) is 0.235. The average molecular weight is 736 g/mol. The van der Waals surface area contributed by atoms with E-state index in [-0.39, 0.29) is 6.54 Å². The molecule has 0 aromatic carbocycles. The highest BCUT2D eigenvalue weighted by Crippen LogP contribution is 2.34. The summed E-state index contributed by atoms with van der Waals surface area (Å²) in [5.41, 5.74) is 3.94. The molecule has 3 aliphatic rings. The maximum atomic E-state index is 14.3. The molecule has 13 nitrogen and oxygen atoms in total. The fourth-order valence-corrected chi connectivity index (χ4v) is 7.27. The van der Waals surface area contributed by atoms with Gasteiger partial charge in [0.2, 0.25) is 0 Å². The first-order chi connectivity index (χ1) is 25.7. The van der Waals surface area contributed by atoms with E-state index in [9.17, 15) is 9.59 Å². The summed E-state index contributed by atoms with van der Waals surface area (Å²) < 4.78 is 13.4. The standard InChI is InChI=1S/C41H53N9O4/c1-40(2,3)53-38(51)32-25-44-36(35-31(45-32)12-11-30(46-35)28-21-27(23-42-24-28)26-48-15-9-8-10-16-48)34-22-29-33(50(34)39(52)54-41(4,5)6)13-14-43-37(29)49-19-17-47(7)18-20-49/h11-14,21-24,32,45H,8-10,15-20,25-26H2,1-7H3. The van der Waals surface area contributed by atoms with Crippen LogP contribution >= 0.6 is 0 Å². The minimum absolute atomic E-state index is 0.0578. The maximum Gasteiger partial charge on any atom is 0.419 e. The number of nitrogens with zero attached hydrogens (tertiary/aromatic N) is 8. The van der Waals surface area contributed by atoms with E-state index in [0.29, 0.717) is 34.0 Å². The molecule has 2 saturated heterocycles. The Morgan fingerprint density at radius 2 is 1.63 bits per heavy atom. The molecule has 0 amide bonds. The molecule has 0 bridgehead atoms. The fourth-order valence-electron chi connectivity index (χ4n) is 7.27. The Kier molecular flexibility index (Phi) is 10.5. The monoisotopic (exact) mass is 735 g/mol. The second kappa shape index (κ2) is 15.1. The van der Waals surface area contributed by atoms with Gasteiger partial charge >= 0.3 is 12.1 Å². The van der Waals surface area contributed by atoms with Gasteiger partial charge in [-0.1, -0.05) is 6.42 Å². The number of ether oxygens (including phenoxy) is 2. The second-order valence-corrected chi connectivity index (χ2v) is 16.6. The summed E-state index contributed by atoms with van der Waals surface area (Å²) in [5.74, 6) is 0.369. The van der Waals surface area contributed by atoms with E-state index in [4.69, 9.17) is 24.4 Å². The predicted molar refractivity (Wildman–Crippen MR) is 211 cm³/mol. The number of hydrogen-bond donors (Lipinski definition) is 1. The molecule has 0 spiro atoms. The molecule has 0 saturated carbocycles. The van der Waals surface area contributed by atoms with Crippen molar-refractivity contribution in [2.24, 2.45) is 4.99 Å². The number of aliphatic imine (C=N–C) groups is 1. The van der Waals surface area contributed by atoms with E-state index >= 15 is 0 Å². The van der Waals surface area contributed by atoms with Crippen molar-refractivity contribution >= 4 is 40.2 Å². The van der Waals surface area contributed by atoms with Crippen molar-refractivity contribution in [2.45, 2.75) is 84.6 Å². The first-order valence-electron chi connectivity index (χ1n) is 19.1. The number of rotatable bonds is 6. The topological polar surface area (TPSA) is 130 Å². The van der Waals surface area contributed by atoms with E-state index < -0.39 is 29.3 Å². The highest BCUT2D eigenvalue weighted by Gasteiger charge is 2.33. The molecule has 54 heavy (non-hydrogen) atoms. The van der Waals surface area contributed by atoms with Crippen LogP contribution in [0.4, 0.5) is 16.3 Å². The third-order valence-corrected chi connectivity index (χ3v) is 9.85. The van der Waals surface area contributed by atoms with E-state index in [0.717, 1.165) is 68.1 Å². The van der Waals surface area contributed by atoms with Crippen molar-refractivity contribution in [2.75, 3.05) is 63.1 Å². The number of carbonyl (C=O) groups excluding carboxylic acids is 2. The van der Waals surface area contributed by atoms with Gasteiger partial charge < -0.3 is 24.6 Å². The van der Waals surface area contributed by atoms with Crippen molar-refractivity contribution in [3.63, 3.8) is 0 Å². The molecule has 4 aromatic heterocycles. The fraction of sp³-hybridized carbons (Fsp3) is 0.512. The van der Waals surface area contributed by atoms with Crippen LogP contribution in [-0.4, -0.2) is 117 Å². The van der Waals surface area contributed by atoms with Crippen molar-refractivity contribution in [3.8, 4) is 11.3 Å². The Morgan fingerprint density at radius 3 is 2.35 bits per heavy atom. The first-order valence-corrected chi connectivity index (χ1v) is 19.1. The molecule has 1 atom stereocenters. The molecule has 2 fully saturated rings. The lowest BCUT2D eigenvalue weighted by Gasteiger charge is -2.33. The summed E-state index contributed by atoms with van der Waals surface area (Å²) in [5, 5.41) is 4.19. The van der Waals surface area contributed by atoms with Gasteiger partial charge in [0, 0.05) is 62.3 Å². The van der Waals surface area contributed by atoms with Crippen LogP contribution in [0, 0.1) is 0 Å². The van der Waals surface area contributed by atoms with Crippen molar-refractivity contribution < 1.29 is 19.1 Å². The lowest BCUT2D eigenvalue weighted by molar-refractivity contribution is -0.155. The minimum Gasteiger partial charge on any atom is -0.458 e. The van der Waals surface area contributed by atoms with Gasteiger partial charge in [0.1, 0.15) is 34.5 Å². The number of carbonyl (C=O) groups is 2. The summed E-state index contributed by atoms with van der Waals surface area (Å²) in [7, 11) is 2.12. The van der Waals surface area contributed by atoms with Crippen molar-refractivity contribution in [1.29, 1.82) is 0 Å². The summed E-state index contributed by atoms with van der Waals surface area (Å²) in [4.78, 5) is 54.6. The van der Waals surface area contributed by atoms with Gasteiger partial charge in [0.05, 0.1) is 29.1 Å². The molecular weight excluding hydrogens is 683 g/mol. The zero-order valence-electron chi connectivity index (χ0n) is 32.7. The zero-order chi connectivity index (χ0) is 38.2. The largest absolute Gasteiger partial charge is 0.458 e. The molecular formula is C41H53N9O4. The molecule has 7 rings (SSSR count). The molecule has 0 aliphatic carbocycles. The third-order valence-electron chi connectivity index (χ3n) is 9.85. The molecule has 0 radical (unpaired) electrons. The molecule has 7 heterocycles. The zero-order valence-corrected chi connectivity index (χ0v) is 32.7. The number of aromatic nitrogens is 4. The number of esters is 1. The molecule has 13 heteroatoms. The lowest BCUT2D eigenvalue weighted by Crippen LogP contribution is -2.44. The third kappa shape index (κ3) is 8.42. The first kappa shape index (κ1) is 37.4. The SMILES string of the molecule is CN1CCN(c2nccc3c2cc(C2=NCC(C(=O)OC(C)(C)C)Nc4ccc(-c5cncc(CN6CCCCC6)c5)nc42)n3C(=O)OC(C)(C)C)CC1. The van der Waals surface area contributed by atoms with Gasteiger partial charge in [-0.2, -0.15) is 0 Å². The van der Waals surface area contributed by atoms with Crippen LogP contribution in [-0.2, 0) is 20.8 Å². The summed E-state index contributed by atoms with van der Waals surface area (Å²) in [6, 6.07) is 9.01. The van der Waals surface area contributed by atoms with Gasteiger partial charge in [-0.3, -0.25) is 14.9 Å². The van der Waals surface area contributed by atoms with Crippen LogP contribution in [0.25, 0.3) is 22.2 Å². The Balaban J connectivity index is 1.37. The number of piperazine rings is 1. The lowest BCUT2D eigenvalue weighted by atomic mass is 10.1. The summed E-state index contributed by atoms with van der Waals surface area (Å²) in [6.45, 7) is 17.5. The van der Waals surface area contributed by atoms with Gasteiger partial charge in [-0.15, -0.1) is 0 Å². The maximum absolute atomic E-state index is 14.3. The van der Waals surface area contributed by atoms with E-state index in [1.54, 1.807) is 10.8 Å². The number of likely N-dealkylation sites (N-methyl/N-ethyl adjacent to an activating group) is 1. The normalized spacial score (nSPS) is 18.8. The summed E-state index contributed by atoms with van der Waals surface area (Å²) >= 11 is 0. The number of hydrogen-bond acceptors (Lipinski definition) is 12. The smallest absolute Gasteiger partial charge is 0.419 e. The highest BCUT2D eigenvalue weighted by molar-refractivity contribution is 6.19. The molecule has 286 valence electrons. The Labute approximate surface area is 317 Å². The van der Waals surface area contributed by atoms with Crippen molar-refractivity contribution in [1.82, 2.24) is 29.3 Å². The Hall–Kier alpha value is -4.88. The van der Waals surface area contributed by atoms with Crippen molar-refractivity contribution in [3.05, 3.63) is 65.9 Å². The van der Waals surface area contributed by atoms with Gasteiger partial charge in [-0.25, -0.2) is 24.1 Å². The Bertz CT molecular complexity index is 2050. The summed E-state index contributed by atoms with van der Waals surface area (Å²) in [6.07, 6.45) is 8.65. The van der Waals surface area contributed by atoms with Crippen LogP contribution < -0.4 is 10.2 Å². The number of likely N-dealkylation sites (tertiary alicyclic amines) is 1. The van der Waals surface area contributed by atoms with E-state index in [1.165, 1.54) is 19.3 Å². The van der Waals surface area contributed by atoms with Crippen LogP contribution in [0.1, 0.15) is 77.8 Å². The number of anilines is 2. The Morgan fingerprint density at radius 1 is 0.889 bits per heavy atom. The van der Waals surface area contributed by atoms with Crippen LogP contribution in [0.15, 0.2) is 53.9 Å². The number of fused-ring (bicyclic) bond motifs is 2. The molecule has 3 aliphatic heterocycles. The number of pyridine rings is 3. The highest BCUT2D eigenvalue weighted by atomic mass is 16.6. The van der Waals surface area contributed by atoms with Crippen LogP contribution in [0.2, 0.25) is 0 Å². The van der Waals surface area contributed by atoms with Gasteiger partial charge in [-0.05, 0) is 110 Å². The average Bonchev–Trinajstić information content (AvgIpc) is 3.40. The van der Waals surface area contributed by atoms with Crippen LogP contribution in [0.5, 0.6) is 0 Å². The minimum atomic E-state index is -0.787. The molecule has 1 N–H and O–H groups in total. The van der Waals surface area contributed by atoms with E-state index in [1.807, 2.05) is 78.2 Å². The number of nitrogens with one attached hydrogen (secondary N) is 1. The second-order valence-electron chi connectivity index (χ2n) is 16.6. The van der Waals surface area contributed by atoms with Crippen LogP contribution in [0.3, 0.4) is 0 Å². The number of piperidine rings is 1. The molecule has 4 aromatic rings. The van der Waals surface area contributed by atoms with E-state index in [2.05, 4.69) is 38.1 Å². The van der Waals surface area contributed by atoms with Gasteiger partial charge in [0.15, 0.2) is 0 Å². The predicted octanol–water partition coefficient (Wildman–Crippen LogP) is 5.99.